The maximum Gasteiger partial charge on any atom is 0.251 e. The van der Waals surface area contributed by atoms with Crippen molar-refractivity contribution in [2.24, 2.45) is 11.8 Å². The summed E-state index contributed by atoms with van der Waals surface area (Å²) in [5.41, 5.74) is 3.36. The Morgan fingerprint density at radius 2 is 1.76 bits per heavy atom. The number of hydrogen-bond donors (Lipinski definition) is 1. The SMILES string of the molecule is Cc1ccc(-c2ccc(C(=O)NC3C4CCCC3COC4)cc2)nn1. The lowest BCUT2D eigenvalue weighted by Crippen LogP contribution is -2.53. The van der Waals surface area contributed by atoms with Crippen LogP contribution in [0.1, 0.15) is 35.3 Å². The Balaban J connectivity index is 1.46. The van der Waals surface area contributed by atoms with E-state index in [1.807, 2.05) is 43.3 Å². The van der Waals surface area contributed by atoms with Gasteiger partial charge in [-0.1, -0.05) is 18.6 Å². The van der Waals surface area contributed by atoms with Crippen LogP contribution in [-0.2, 0) is 4.74 Å². The molecule has 1 aromatic carbocycles. The van der Waals surface area contributed by atoms with Gasteiger partial charge in [-0.05, 0) is 44.0 Å². The molecule has 0 spiro atoms. The van der Waals surface area contributed by atoms with Crippen LogP contribution in [0.3, 0.4) is 0 Å². The lowest BCUT2D eigenvalue weighted by atomic mass is 9.76. The van der Waals surface area contributed by atoms with Crippen LogP contribution < -0.4 is 5.32 Å². The number of amides is 1. The molecule has 5 heteroatoms. The van der Waals surface area contributed by atoms with Gasteiger partial charge in [0.2, 0.25) is 0 Å². The molecular formula is C20H23N3O2. The van der Waals surface area contributed by atoms with Crippen molar-refractivity contribution in [3.63, 3.8) is 0 Å². The summed E-state index contributed by atoms with van der Waals surface area (Å²) in [4.78, 5) is 12.7. The molecule has 2 unspecified atom stereocenters. The van der Waals surface area contributed by atoms with Crippen molar-refractivity contribution in [2.75, 3.05) is 13.2 Å². The van der Waals surface area contributed by atoms with Crippen LogP contribution in [0.2, 0.25) is 0 Å². The van der Waals surface area contributed by atoms with Crippen molar-refractivity contribution in [3.8, 4) is 11.3 Å². The summed E-state index contributed by atoms with van der Waals surface area (Å²) >= 11 is 0. The molecular weight excluding hydrogens is 314 g/mol. The van der Waals surface area contributed by atoms with Gasteiger partial charge in [-0.25, -0.2) is 0 Å². The first-order chi connectivity index (χ1) is 12.2. The van der Waals surface area contributed by atoms with Gasteiger partial charge in [0.05, 0.1) is 24.6 Å². The molecule has 1 aliphatic heterocycles. The van der Waals surface area contributed by atoms with Crippen LogP contribution >= 0.6 is 0 Å². The van der Waals surface area contributed by atoms with E-state index in [0.29, 0.717) is 17.4 Å². The van der Waals surface area contributed by atoms with E-state index in [2.05, 4.69) is 15.5 Å². The van der Waals surface area contributed by atoms with E-state index in [1.165, 1.54) is 6.42 Å². The third-order valence-corrected chi connectivity index (χ3v) is 5.37. The zero-order chi connectivity index (χ0) is 17.2. The second kappa shape index (κ2) is 6.92. The van der Waals surface area contributed by atoms with E-state index in [-0.39, 0.29) is 11.9 Å². The first-order valence-electron chi connectivity index (χ1n) is 9.00. The number of carbonyl (C=O) groups excluding carboxylic acids is 1. The molecule has 2 aromatic rings. The first-order valence-corrected chi connectivity index (χ1v) is 9.00. The summed E-state index contributed by atoms with van der Waals surface area (Å²) in [6.07, 6.45) is 3.54. The van der Waals surface area contributed by atoms with Gasteiger partial charge in [0.15, 0.2) is 0 Å². The molecule has 25 heavy (non-hydrogen) atoms. The van der Waals surface area contributed by atoms with E-state index in [1.54, 1.807) is 0 Å². The minimum absolute atomic E-state index is 0.00494. The molecule has 2 aliphatic rings. The summed E-state index contributed by atoms with van der Waals surface area (Å²) in [7, 11) is 0. The number of carbonyl (C=O) groups is 1. The topological polar surface area (TPSA) is 64.1 Å². The summed E-state index contributed by atoms with van der Waals surface area (Å²) in [6, 6.07) is 11.7. The minimum atomic E-state index is 0.00494. The zero-order valence-electron chi connectivity index (χ0n) is 14.4. The third-order valence-electron chi connectivity index (χ3n) is 5.37. The number of ether oxygens (including phenoxy) is 1. The molecule has 2 atom stereocenters. The van der Waals surface area contributed by atoms with Crippen LogP contribution in [0.4, 0.5) is 0 Å². The fraction of sp³-hybridized carbons (Fsp3) is 0.450. The molecule has 4 rings (SSSR count). The molecule has 1 amide bonds. The number of rotatable bonds is 3. The van der Waals surface area contributed by atoms with Gasteiger partial charge in [-0.2, -0.15) is 10.2 Å². The van der Waals surface area contributed by atoms with Crippen molar-refractivity contribution in [1.29, 1.82) is 0 Å². The van der Waals surface area contributed by atoms with Crippen molar-refractivity contribution in [3.05, 3.63) is 47.7 Å². The van der Waals surface area contributed by atoms with E-state index < -0.39 is 0 Å². The molecule has 1 saturated carbocycles. The quantitative estimate of drug-likeness (QED) is 0.935. The van der Waals surface area contributed by atoms with Crippen LogP contribution in [0.5, 0.6) is 0 Å². The van der Waals surface area contributed by atoms with Gasteiger partial charge in [-0.3, -0.25) is 4.79 Å². The van der Waals surface area contributed by atoms with Gasteiger partial charge in [0, 0.05) is 29.0 Å². The number of hydrogen-bond acceptors (Lipinski definition) is 4. The predicted molar refractivity (Wildman–Crippen MR) is 95.1 cm³/mol. The maximum atomic E-state index is 12.7. The third kappa shape index (κ3) is 3.42. The average Bonchev–Trinajstić information content (AvgIpc) is 2.62. The number of fused-ring (bicyclic) bond motifs is 2. The minimum Gasteiger partial charge on any atom is -0.381 e. The fourth-order valence-corrected chi connectivity index (χ4v) is 3.95. The van der Waals surface area contributed by atoms with E-state index in [9.17, 15) is 4.79 Å². The van der Waals surface area contributed by atoms with E-state index >= 15 is 0 Å². The zero-order valence-corrected chi connectivity index (χ0v) is 14.4. The Kier molecular flexibility index (Phi) is 4.49. The predicted octanol–water partition coefficient (Wildman–Crippen LogP) is 3.00. The Hall–Kier alpha value is -2.27. The molecule has 2 fully saturated rings. The Labute approximate surface area is 147 Å². The molecule has 1 aromatic heterocycles. The summed E-state index contributed by atoms with van der Waals surface area (Å²) in [6.45, 7) is 3.45. The van der Waals surface area contributed by atoms with E-state index in [4.69, 9.17) is 4.74 Å². The van der Waals surface area contributed by atoms with Gasteiger partial charge in [0.25, 0.3) is 5.91 Å². The highest BCUT2D eigenvalue weighted by molar-refractivity contribution is 5.94. The van der Waals surface area contributed by atoms with Gasteiger partial charge < -0.3 is 10.1 Å². The van der Waals surface area contributed by atoms with Gasteiger partial charge >= 0.3 is 0 Å². The molecule has 130 valence electrons. The smallest absolute Gasteiger partial charge is 0.251 e. The summed E-state index contributed by atoms with van der Waals surface area (Å²) in [5, 5.41) is 11.5. The van der Waals surface area contributed by atoms with Gasteiger partial charge in [0.1, 0.15) is 0 Å². The van der Waals surface area contributed by atoms with Crippen molar-refractivity contribution >= 4 is 5.91 Å². The fourth-order valence-electron chi connectivity index (χ4n) is 3.95. The Bertz CT molecular complexity index is 721. The van der Waals surface area contributed by atoms with Crippen molar-refractivity contribution in [2.45, 2.75) is 32.2 Å². The number of benzene rings is 1. The summed E-state index contributed by atoms with van der Waals surface area (Å²) in [5.74, 6) is 0.919. The van der Waals surface area contributed by atoms with Crippen molar-refractivity contribution < 1.29 is 9.53 Å². The lowest BCUT2D eigenvalue weighted by Gasteiger charge is -2.42. The average molecular weight is 337 g/mol. The Morgan fingerprint density at radius 3 is 2.40 bits per heavy atom. The van der Waals surface area contributed by atoms with Crippen LogP contribution in [0, 0.1) is 18.8 Å². The molecule has 1 N–H and O–H groups in total. The lowest BCUT2D eigenvalue weighted by molar-refractivity contribution is -0.0339. The number of nitrogens with zero attached hydrogens (tertiary/aromatic N) is 2. The van der Waals surface area contributed by atoms with Crippen molar-refractivity contribution in [1.82, 2.24) is 15.5 Å². The van der Waals surface area contributed by atoms with E-state index in [0.717, 1.165) is 43.0 Å². The maximum absolute atomic E-state index is 12.7. The molecule has 2 heterocycles. The summed E-state index contributed by atoms with van der Waals surface area (Å²) < 4.78 is 5.66. The number of aryl methyl sites for hydroxylation is 1. The first kappa shape index (κ1) is 16.2. The molecule has 0 radical (unpaired) electrons. The number of aromatic nitrogens is 2. The standard InChI is InChI=1S/C20H23N3O2/c1-13-5-10-18(23-22-13)14-6-8-15(9-7-14)20(24)21-19-16-3-2-4-17(19)12-25-11-16/h5-10,16-17,19H,2-4,11-12H2,1H3,(H,21,24). The number of nitrogens with one attached hydrogen (secondary N) is 1. The largest absolute Gasteiger partial charge is 0.381 e. The Morgan fingerprint density at radius 1 is 1.04 bits per heavy atom. The highest BCUT2D eigenvalue weighted by atomic mass is 16.5. The highest BCUT2D eigenvalue weighted by Crippen LogP contribution is 2.33. The van der Waals surface area contributed by atoms with Crippen LogP contribution in [0.25, 0.3) is 11.3 Å². The highest BCUT2D eigenvalue weighted by Gasteiger charge is 2.37. The second-order valence-corrected chi connectivity index (χ2v) is 7.13. The molecule has 1 aliphatic carbocycles. The molecule has 1 saturated heterocycles. The van der Waals surface area contributed by atoms with Gasteiger partial charge in [-0.15, -0.1) is 0 Å². The second-order valence-electron chi connectivity index (χ2n) is 7.13. The molecule has 5 nitrogen and oxygen atoms in total. The van der Waals surface area contributed by atoms with Crippen LogP contribution in [0.15, 0.2) is 36.4 Å². The normalized spacial score (nSPS) is 25.4. The van der Waals surface area contributed by atoms with Crippen LogP contribution in [-0.4, -0.2) is 35.4 Å². The monoisotopic (exact) mass is 337 g/mol. The molecule has 2 bridgehead atoms.